The lowest BCUT2D eigenvalue weighted by Crippen LogP contribution is -2.47. The van der Waals surface area contributed by atoms with E-state index in [0.717, 1.165) is 0 Å². The van der Waals surface area contributed by atoms with Crippen LogP contribution in [-0.2, 0) is 4.74 Å². The zero-order valence-corrected chi connectivity index (χ0v) is 8.31. The van der Waals surface area contributed by atoms with E-state index >= 15 is 0 Å². The van der Waals surface area contributed by atoms with Crippen LogP contribution in [-0.4, -0.2) is 35.4 Å². The van der Waals surface area contributed by atoms with Crippen LogP contribution in [0.4, 0.5) is 13.2 Å². The summed E-state index contributed by atoms with van der Waals surface area (Å²) in [4.78, 5) is 0. The van der Waals surface area contributed by atoms with Crippen LogP contribution in [0.15, 0.2) is 0 Å². The first-order valence-electron chi connectivity index (χ1n) is 3.87. The van der Waals surface area contributed by atoms with Crippen molar-refractivity contribution in [1.29, 1.82) is 0 Å². The van der Waals surface area contributed by atoms with E-state index in [-0.39, 0.29) is 18.9 Å². The highest BCUT2D eigenvalue weighted by molar-refractivity contribution is 9.09. The molecule has 2 nitrogen and oxygen atoms in total. The minimum atomic E-state index is -4.46. The van der Waals surface area contributed by atoms with Gasteiger partial charge in [0.05, 0.1) is 12.7 Å². The highest BCUT2D eigenvalue weighted by Gasteiger charge is 2.48. The second-order valence-corrected chi connectivity index (χ2v) is 3.77. The Hall–Kier alpha value is 0.190. The van der Waals surface area contributed by atoms with Gasteiger partial charge in [-0.3, -0.25) is 0 Å². The molecule has 1 aliphatic rings. The van der Waals surface area contributed by atoms with Gasteiger partial charge in [0, 0.05) is 5.33 Å². The molecule has 1 N–H and O–H groups in total. The monoisotopic (exact) mass is 262 g/mol. The number of halogens is 4. The predicted octanol–water partition coefficient (Wildman–Crippen LogP) is 1.71. The molecular weight excluding hydrogens is 253 g/mol. The quantitative estimate of drug-likeness (QED) is 0.730. The van der Waals surface area contributed by atoms with Crippen molar-refractivity contribution >= 4 is 15.9 Å². The number of hydrogen-bond acceptors (Lipinski definition) is 2. The van der Waals surface area contributed by atoms with Gasteiger partial charge in [-0.15, -0.1) is 0 Å². The van der Waals surface area contributed by atoms with E-state index < -0.39 is 18.4 Å². The Labute approximate surface area is 82.2 Å². The third-order valence-corrected chi connectivity index (χ3v) is 2.89. The molecule has 1 fully saturated rings. The van der Waals surface area contributed by atoms with Crippen molar-refractivity contribution in [2.45, 2.75) is 24.8 Å². The van der Waals surface area contributed by atoms with Gasteiger partial charge in [0.15, 0.2) is 6.10 Å². The summed E-state index contributed by atoms with van der Waals surface area (Å²) in [5, 5.41) is 9.69. The molecule has 13 heavy (non-hydrogen) atoms. The summed E-state index contributed by atoms with van der Waals surface area (Å²) < 4.78 is 40.9. The first-order valence-corrected chi connectivity index (χ1v) is 4.99. The van der Waals surface area contributed by atoms with Gasteiger partial charge in [0.25, 0.3) is 0 Å². The van der Waals surface area contributed by atoms with E-state index in [0.29, 0.717) is 5.33 Å². The summed E-state index contributed by atoms with van der Waals surface area (Å²) in [6.45, 7) is 0.0481. The molecule has 0 saturated carbocycles. The van der Waals surface area contributed by atoms with E-state index in [4.69, 9.17) is 5.11 Å². The van der Waals surface area contributed by atoms with Crippen molar-refractivity contribution in [3.05, 3.63) is 0 Å². The maximum Gasteiger partial charge on any atom is 0.417 e. The summed E-state index contributed by atoms with van der Waals surface area (Å²) in [5.41, 5.74) is 0. The van der Waals surface area contributed by atoms with Gasteiger partial charge in [-0.1, -0.05) is 15.9 Å². The van der Waals surface area contributed by atoms with E-state index in [9.17, 15) is 13.2 Å². The molecule has 0 aliphatic carbocycles. The van der Waals surface area contributed by atoms with Gasteiger partial charge in [0.2, 0.25) is 0 Å². The Morgan fingerprint density at radius 2 is 2.08 bits per heavy atom. The van der Waals surface area contributed by atoms with E-state index in [1.807, 2.05) is 0 Å². The number of ether oxygens (including phenoxy) is 1. The summed E-state index contributed by atoms with van der Waals surface area (Å²) in [7, 11) is 0. The minimum absolute atomic E-state index is 0.0337. The third kappa shape index (κ3) is 2.82. The van der Waals surface area contributed by atoms with Crippen molar-refractivity contribution in [1.82, 2.24) is 0 Å². The minimum Gasteiger partial charge on any atom is -0.390 e. The van der Waals surface area contributed by atoms with Crippen molar-refractivity contribution < 1.29 is 23.0 Å². The lowest BCUT2D eigenvalue weighted by Gasteiger charge is -2.33. The third-order valence-electron chi connectivity index (χ3n) is 1.98. The van der Waals surface area contributed by atoms with Crippen LogP contribution in [0.3, 0.4) is 0 Å². The van der Waals surface area contributed by atoms with Crippen LogP contribution in [0.25, 0.3) is 0 Å². The van der Waals surface area contributed by atoms with Crippen molar-refractivity contribution in [2.24, 2.45) is 5.92 Å². The summed E-state index contributed by atoms with van der Waals surface area (Å²) in [6.07, 6.45) is -7.77. The zero-order chi connectivity index (χ0) is 10.1. The number of alkyl halides is 4. The molecule has 1 saturated heterocycles. The van der Waals surface area contributed by atoms with Crippen molar-refractivity contribution in [3.63, 3.8) is 0 Å². The normalized spacial score (nSPS) is 36.2. The fraction of sp³-hybridized carbons (Fsp3) is 1.00. The molecule has 0 amide bonds. The molecule has 0 spiro atoms. The van der Waals surface area contributed by atoms with Crippen LogP contribution in [0.1, 0.15) is 6.42 Å². The Balaban J connectivity index is 2.53. The fourth-order valence-corrected chi connectivity index (χ4v) is 1.76. The zero-order valence-electron chi connectivity index (χ0n) is 6.72. The smallest absolute Gasteiger partial charge is 0.390 e. The summed E-state index contributed by atoms with van der Waals surface area (Å²) >= 11 is 3.14. The number of rotatable bonds is 1. The largest absolute Gasteiger partial charge is 0.417 e. The molecule has 78 valence electrons. The maximum atomic E-state index is 12.1. The molecule has 0 aromatic rings. The fourth-order valence-electron chi connectivity index (χ4n) is 1.30. The Morgan fingerprint density at radius 3 is 2.46 bits per heavy atom. The van der Waals surface area contributed by atoms with Crippen LogP contribution in [0.2, 0.25) is 0 Å². The van der Waals surface area contributed by atoms with Gasteiger partial charge < -0.3 is 9.84 Å². The highest BCUT2D eigenvalue weighted by atomic mass is 79.9. The molecule has 0 bridgehead atoms. The number of aliphatic hydroxyl groups is 1. The topological polar surface area (TPSA) is 29.5 Å². The number of aliphatic hydroxyl groups excluding tert-OH is 1. The maximum absolute atomic E-state index is 12.1. The molecule has 6 heteroatoms. The average Bonchev–Trinajstić information content (AvgIpc) is 2.01. The van der Waals surface area contributed by atoms with Gasteiger partial charge in [-0.2, -0.15) is 13.2 Å². The standard InChI is InChI=1S/C7H10BrF3O2/c8-2-4-1-5(12)6(13-3-4)7(9,10)11/h4-6,12H,1-3H2. The second-order valence-electron chi connectivity index (χ2n) is 3.12. The first-order chi connectivity index (χ1) is 5.95. The summed E-state index contributed by atoms with van der Waals surface area (Å²) in [6, 6.07) is 0. The molecule has 1 aliphatic heterocycles. The molecule has 3 atom stereocenters. The average molecular weight is 263 g/mol. The highest BCUT2D eigenvalue weighted by Crippen LogP contribution is 2.32. The van der Waals surface area contributed by atoms with Crippen molar-refractivity contribution in [2.75, 3.05) is 11.9 Å². The van der Waals surface area contributed by atoms with Crippen LogP contribution in [0.5, 0.6) is 0 Å². The van der Waals surface area contributed by atoms with Gasteiger partial charge in [-0.25, -0.2) is 0 Å². The van der Waals surface area contributed by atoms with Crippen LogP contribution < -0.4 is 0 Å². The van der Waals surface area contributed by atoms with Gasteiger partial charge in [-0.05, 0) is 12.3 Å². The molecule has 1 rings (SSSR count). The lowest BCUT2D eigenvalue weighted by atomic mass is 9.97. The van der Waals surface area contributed by atoms with Crippen LogP contribution >= 0.6 is 15.9 Å². The van der Waals surface area contributed by atoms with Gasteiger partial charge >= 0.3 is 6.18 Å². The van der Waals surface area contributed by atoms with E-state index in [1.165, 1.54) is 0 Å². The van der Waals surface area contributed by atoms with Crippen LogP contribution in [0, 0.1) is 5.92 Å². The molecule has 1 heterocycles. The molecule has 0 aromatic carbocycles. The van der Waals surface area contributed by atoms with E-state index in [2.05, 4.69) is 20.7 Å². The predicted molar refractivity (Wildman–Crippen MR) is 43.7 cm³/mol. The van der Waals surface area contributed by atoms with E-state index in [1.54, 1.807) is 0 Å². The van der Waals surface area contributed by atoms with Crippen molar-refractivity contribution in [3.8, 4) is 0 Å². The molecule has 0 aromatic heterocycles. The molecular formula is C7H10BrF3O2. The molecule has 0 radical (unpaired) electrons. The number of hydrogen-bond donors (Lipinski definition) is 1. The second kappa shape index (κ2) is 4.14. The summed E-state index contributed by atoms with van der Waals surface area (Å²) in [5.74, 6) is -0.0337. The SMILES string of the molecule is OC1CC(CBr)COC1C(F)(F)F. The lowest BCUT2D eigenvalue weighted by molar-refractivity contribution is -0.263. The Morgan fingerprint density at radius 1 is 1.46 bits per heavy atom. The van der Waals surface area contributed by atoms with Gasteiger partial charge in [0.1, 0.15) is 0 Å². The Bertz CT molecular complexity index is 174. The Kier molecular flexibility index (Phi) is 3.59. The first kappa shape index (κ1) is 11.3. The molecule has 3 unspecified atom stereocenters.